The third kappa shape index (κ3) is 5.95. The van der Waals surface area contributed by atoms with Crippen LogP contribution in [0.4, 0.5) is 5.69 Å². The Labute approximate surface area is 248 Å². The molecule has 0 saturated carbocycles. The molecule has 41 heavy (non-hydrogen) atoms. The van der Waals surface area contributed by atoms with Crippen LogP contribution in [0.15, 0.2) is 42.5 Å². The van der Waals surface area contributed by atoms with Gasteiger partial charge in [-0.3, -0.25) is 24.6 Å². The van der Waals surface area contributed by atoms with Gasteiger partial charge < -0.3 is 20.1 Å². The van der Waals surface area contributed by atoms with E-state index in [2.05, 4.69) is 10.6 Å². The van der Waals surface area contributed by atoms with Gasteiger partial charge in [0.2, 0.25) is 5.91 Å². The summed E-state index contributed by atoms with van der Waals surface area (Å²) in [6.45, 7) is 2.19. The van der Waals surface area contributed by atoms with E-state index in [1.54, 1.807) is 36.4 Å². The highest BCUT2D eigenvalue weighted by molar-refractivity contribution is 6.42. The number of hydrogen-bond acceptors (Lipinski definition) is 8. The Hall–Kier alpha value is -2.72. The molecule has 2 amide bonds. The van der Waals surface area contributed by atoms with Gasteiger partial charge in [0.1, 0.15) is 6.29 Å². The number of morpholine rings is 1. The van der Waals surface area contributed by atoms with Gasteiger partial charge >= 0.3 is 0 Å². The molecule has 2 fully saturated rings. The summed E-state index contributed by atoms with van der Waals surface area (Å²) in [5.41, 5.74) is -0.974. The monoisotopic (exact) mass is 540 g/mol. The number of ether oxygens (including phenoxy) is 1. The Morgan fingerprint density at radius 2 is 1.63 bits per heavy atom. The molecule has 2 aromatic rings. The minimum Gasteiger partial charge on any atom is -0.392 e. The molecular weight excluding hydrogens is 513 g/mol. The second-order valence-electron chi connectivity index (χ2n) is 10.5. The first-order valence-electron chi connectivity index (χ1n) is 13.0. The average Bonchev–Trinajstić information content (AvgIpc) is 2.95. The van der Waals surface area contributed by atoms with Crippen LogP contribution >= 0.6 is 0 Å². The van der Waals surface area contributed by atoms with E-state index >= 15 is 0 Å². The summed E-state index contributed by atoms with van der Waals surface area (Å²) in [5.74, 6) is -1.54. The van der Waals surface area contributed by atoms with Crippen LogP contribution in [-0.4, -0.2) is 119 Å². The number of anilines is 1. The van der Waals surface area contributed by atoms with E-state index in [1.807, 2.05) is 4.90 Å². The van der Waals surface area contributed by atoms with Crippen molar-refractivity contribution < 1.29 is 24.2 Å². The lowest BCUT2D eigenvalue weighted by molar-refractivity contribution is -0.174. The van der Waals surface area contributed by atoms with Crippen LogP contribution in [0.25, 0.3) is 0 Å². The highest BCUT2D eigenvalue weighted by atomic mass is 16.5. The first kappa shape index (κ1) is 31.2. The Balaban J connectivity index is 1.65. The fourth-order valence-corrected chi connectivity index (χ4v) is 5.13. The molecule has 9 nitrogen and oxygen atoms in total. The zero-order valence-corrected chi connectivity index (χ0v) is 22.8. The van der Waals surface area contributed by atoms with Crippen molar-refractivity contribution >= 4 is 70.9 Å². The van der Waals surface area contributed by atoms with Crippen LogP contribution in [0.2, 0.25) is 0 Å². The zero-order valence-electron chi connectivity index (χ0n) is 22.8. The molecule has 0 bridgehead atoms. The summed E-state index contributed by atoms with van der Waals surface area (Å²) in [6, 6.07) is 11.3. The quantitative estimate of drug-likeness (QED) is 0.151. The van der Waals surface area contributed by atoms with Crippen molar-refractivity contribution in [3.63, 3.8) is 0 Å². The summed E-state index contributed by atoms with van der Waals surface area (Å²) in [5, 5.41) is 11.2. The van der Waals surface area contributed by atoms with Crippen molar-refractivity contribution in [2.75, 3.05) is 38.7 Å². The van der Waals surface area contributed by atoms with Crippen LogP contribution in [-0.2, 0) is 30.3 Å². The molecule has 2 heterocycles. The number of likely N-dealkylation sites (N-methyl/N-ethyl adjacent to an activating group) is 1. The standard InChI is InChI=1S/C26H26B6N4O5/c1-35(23(40)10-9-20(38)33-22(23)39)26(31,32)21-16(15-37)3-2-4-19(21)34-24(27,28)17-5-7-18(8-6-17)25(29,30)36-11-13-41-14-12-36/h2-8,15,34,40H,9-14H2,1H3,(H,33,38,39). The van der Waals surface area contributed by atoms with E-state index in [9.17, 15) is 19.5 Å². The highest BCUT2D eigenvalue weighted by Gasteiger charge is 2.50. The number of nitrogens with one attached hydrogen (secondary N) is 2. The van der Waals surface area contributed by atoms with Gasteiger partial charge in [0.25, 0.3) is 5.91 Å². The SMILES string of the molecule is [B]C([B])(Nc1cccc(C=O)c1C([B])([B])N(C)C1(O)CCC(=O)NC1=O)c1ccc(C([B])([B])N2CCOCC2)cc1. The average molecular weight is 539 g/mol. The van der Waals surface area contributed by atoms with Crippen LogP contribution in [0, 0.1) is 0 Å². The summed E-state index contributed by atoms with van der Waals surface area (Å²) in [6.07, 6.45) is 0.107. The molecule has 2 aliphatic rings. The Bertz CT molecular complexity index is 1320. The summed E-state index contributed by atoms with van der Waals surface area (Å²) >= 11 is 0. The van der Waals surface area contributed by atoms with Gasteiger partial charge in [-0.05, 0) is 45.8 Å². The summed E-state index contributed by atoms with van der Waals surface area (Å²) in [4.78, 5) is 39.3. The molecule has 0 aromatic heterocycles. The summed E-state index contributed by atoms with van der Waals surface area (Å²) in [7, 11) is 40.3. The molecule has 15 heteroatoms. The lowest BCUT2D eigenvalue weighted by atomic mass is 9.53. The van der Waals surface area contributed by atoms with Crippen LogP contribution in [0.1, 0.15) is 39.9 Å². The van der Waals surface area contributed by atoms with Crippen molar-refractivity contribution in [1.82, 2.24) is 15.1 Å². The molecule has 2 aromatic carbocycles. The van der Waals surface area contributed by atoms with Crippen LogP contribution in [0.3, 0.4) is 0 Å². The number of aliphatic hydroxyl groups is 1. The van der Waals surface area contributed by atoms with Crippen LogP contribution in [0.5, 0.6) is 0 Å². The molecule has 0 aliphatic carbocycles. The number of benzene rings is 2. The van der Waals surface area contributed by atoms with Gasteiger partial charge in [0.05, 0.1) is 60.3 Å². The minimum atomic E-state index is -2.25. The molecule has 2 saturated heterocycles. The fraction of sp³-hybridized carbons (Fsp3) is 0.423. The second kappa shape index (κ2) is 11.5. The number of nitrogens with zero attached hydrogens (tertiary/aromatic N) is 2. The number of rotatable bonds is 9. The fourth-order valence-electron chi connectivity index (χ4n) is 5.13. The van der Waals surface area contributed by atoms with E-state index in [0.29, 0.717) is 43.7 Å². The molecule has 2 aliphatic heterocycles. The molecule has 1 unspecified atom stereocenters. The molecule has 12 radical (unpaired) electrons. The predicted molar refractivity (Wildman–Crippen MR) is 159 cm³/mol. The normalized spacial score (nSPS) is 21.0. The first-order chi connectivity index (χ1) is 19.1. The Morgan fingerprint density at radius 3 is 2.22 bits per heavy atom. The third-order valence-corrected chi connectivity index (χ3v) is 7.75. The van der Waals surface area contributed by atoms with Crippen molar-refractivity contribution in [2.24, 2.45) is 0 Å². The summed E-state index contributed by atoms with van der Waals surface area (Å²) < 4.78 is 5.38. The molecular formula is C26H26B6N4O5. The maximum atomic E-state index is 12.6. The van der Waals surface area contributed by atoms with Gasteiger partial charge in [-0.25, -0.2) is 0 Å². The Morgan fingerprint density at radius 1 is 1.02 bits per heavy atom. The molecule has 3 N–H and O–H groups in total. The largest absolute Gasteiger partial charge is 0.392 e. The van der Waals surface area contributed by atoms with E-state index in [1.165, 1.54) is 13.1 Å². The van der Waals surface area contributed by atoms with Gasteiger partial charge in [0.15, 0.2) is 5.72 Å². The maximum absolute atomic E-state index is 12.6. The van der Waals surface area contributed by atoms with Gasteiger partial charge in [-0.15, -0.1) is 0 Å². The van der Waals surface area contributed by atoms with E-state index in [-0.39, 0.29) is 29.7 Å². The number of carbonyl (C=O) groups is 3. The highest BCUT2D eigenvalue weighted by Crippen LogP contribution is 2.38. The maximum Gasteiger partial charge on any atom is 0.274 e. The van der Waals surface area contributed by atoms with Crippen molar-refractivity contribution in [1.29, 1.82) is 0 Å². The first-order valence-corrected chi connectivity index (χ1v) is 13.0. The number of imide groups is 1. The topological polar surface area (TPSA) is 111 Å². The molecule has 4 rings (SSSR count). The molecule has 1 atom stereocenters. The minimum absolute atomic E-state index is 0.00257. The van der Waals surface area contributed by atoms with E-state index in [4.69, 9.17) is 51.8 Å². The van der Waals surface area contributed by atoms with E-state index < -0.39 is 33.6 Å². The molecule has 0 spiro atoms. The number of piperidine rings is 1. The molecule has 198 valence electrons. The number of amides is 2. The van der Waals surface area contributed by atoms with Crippen molar-refractivity contribution in [3.8, 4) is 0 Å². The number of hydrogen-bond donors (Lipinski definition) is 3. The third-order valence-electron chi connectivity index (χ3n) is 7.75. The van der Waals surface area contributed by atoms with E-state index in [0.717, 1.165) is 4.90 Å². The van der Waals surface area contributed by atoms with Crippen molar-refractivity contribution in [2.45, 2.75) is 34.6 Å². The van der Waals surface area contributed by atoms with Crippen LogP contribution < -0.4 is 10.6 Å². The Kier molecular flexibility index (Phi) is 8.77. The second-order valence-corrected chi connectivity index (χ2v) is 10.5. The van der Waals surface area contributed by atoms with Crippen molar-refractivity contribution in [3.05, 3.63) is 64.7 Å². The van der Waals surface area contributed by atoms with Gasteiger partial charge in [-0.2, -0.15) is 0 Å². The predicted octanol–water partition coefficient (Wildman–Crippen LogP) is -1.66. The lowest BCUT2D eigenvalue weighted by Crippen LogP contribution is -2.67. The van der Waals surface area contributed by atoms with Gasteiger partial charge in [0, 0.05) is 37.2 Å². The zero-order chi connectivity index (χ0) is 30.2. The van der Waals surface area contributed by atoms with Gasteiger partial charge in [-0.1, -0.05) is 36.4 Å². The number of aldehydes is 1. The lowest BCUT2D eigenvalue weighted by Gasteiger charge is -2.49. The number of carbonyl (C=O) groups excluding carboxylic acids is 3. The smallest absolute Gasteiger partial charge is 0.274 e.